The molecule has 21 heavy (non-hydrogen) atoms. The molecule has 2 rings (SSSR count). The largest absolute Gasteiger partial charge is 0.498 e. The standard InChI is InChI=1S/C18H24O3/c1-14(2)11-21-17-9-8-16(18(19)10-17)13-20-12-15-6-4-3-5-7-15/h3-7,10,14,16H,8-9,11-13H2,1-2H3. The van der Waals surface area contributed by atoms with Crippen LogP contribution in [0.5, 0.6) is 0 Å². The number of ether oxygens (including phenoxy) is 2. The van der Waals surface area contributed by atoms with Crippen LogP contribution in [0.4, 0.5) is 0 Å². The van der Waals surface area contributed by atoms with E-state index >= 15 is 0 Å². The monoisotopic (exact) mass is 288 g/mol. The Labute approximate surface area is 127 Å². The maximum atomic E-state index is 12.1. The molecule has 0 saturated heterocycles. The molecule has 1 aromatic rings. The number of benzene rings is 1. The Kier molecular flexibility index (Phi) is 6.00. The SMILES string of the molecule is CC(C)COC1=CC(=O)C(COCc2ccccc2)CC1. The fraction of sp³-hybridized carbons (Fsp3) is 0.500. The van der Waals surface area contributed by atoms with Gasteiger partial charge in [-0.2, -0.15) is 0 Å². The first-order valence-corrected chi connectivity index (χ1v) is 7.64. The zero-order chi connectivity index (χ0) is 15.1. The van der Waals surface area contributed by atoms with Gasteiger partial charge in [-0.25, -0.2) is 0 Å². The molecule has 0 amide bonds. The fourth-order valence-electron chi connectivity index (χ4n) is 2.25. The van der Waals surface area contributed by atoms with Gasteiger partial charge in [0, 0.05) is 18.4 Å². The van der Waals surface area contributed by atoms with Crippen molar-refractivity contribution in [2.75, 3.05) is 13.2 Å². The molecule has 1 aliphatic rings. The minimum Gasteiger partial charge on any atom is -0.498 e. The summed E-state index contributed by atoms with van der Waals surface area (Å²) < 4.78 is 11.3. The lowest BCUT2D eigenvalue weighted by atomic mass is 9.93. The average molecular weight is 288 g/mol. The molecule has 0 aliphatic heterocycles. The van der Waals surface area contributed by atoms with Crippen molar-refractivity contribution < 1.29 is 14.3 Å². The molecule has 3 heteroatoms. The van der Waals surface area contributed by atoms with Crippen molar-refractivity contribution in [2.45, 2.75) is 33.3 Å². The number of rotatable bonds is 7. The summed E-state index contributed by atoms with van der Waals surface area (Å²) >= 11 is 0. The molecule has 0 saturated carbocycles. The van der Waals surface area contributed by atoms with Gasteiger partial charge in [-0.1, -0.05) is 44.2 Å². The molecule has 0 radical (unpaired) electrons. The van der Waals surface area contributed by atoms with E-state index in [1.807, 2.05) is 30.3 Å². The van der Waals surface area contributed by atoms with E-state index in [1.165, 1.54) is 0 Å². The Morgan fingerprint density at radius 3 is 2.67 bits per heavy atom. The second-order valence-corrected chi connectivity index (χ2v) is 5.95. The predicted octanol–water partition coefficient (Wildman–Crippen LogP) is 3.74. The minimum atomic E-state index is -0.0277. The van der Waals surface area contributed by atoms with Gasteiger partial charge in [-0.15, -0.1) is 0 Å². The predicted molar refractivity (Wildman–Crippen MR) is 82.7 cm³/mol. The van der Waals surface area contributed by atoms with Crippen molar-refractivity contribution in [3.8, 4) is 0 Å². The van der Waals surface area contributed by atoms with Gasteiger partial charge < -0.3 is 9.47 Å². The van der Waals surface area contributed by atoms with Crippen molar-refractivity contribution in [3.05, 3.63) is 47.7 Å². The summed E-state index contributed by atoms with van der Waals surface area (Å²) in [5.41, 5.74) is 1.14. The Hall–Kier alpha value is -1.61. The first-order valence-electron chi connectivity index (χ1n) is 7.64. The third-order valence-corrected chi connectivity index (χ3v) is 3.48. The van der Waals surface area contributed by atoms with Gasteiger partial charge in [0.2, 0.25) is 0 Å². The lowest BCUT2D eigenvalue weighted by Crippen LogP contribution is -2.23. The van der Waals surface area contributed by atoms with Gasteiger partial charge in [0.1, 0.15) is 0 Å². The van der Waals surface area contributed by atoms with Gasteiger partial charge in [0.25, 0.3) is 0 Å². The van der Waals surface area contributed by atoms with E-state index in [-0.39, 0.29) is 11.7 Å². The summed E-state index contributed by atoms with van der Waals surface area (Å²) in [6.45, 7) is 5.93. The lowest BCUT2D eigenvalue weighted by molar-refractivity contribution is -0.121. The molecule has 0 spiro atoms. The molecule has 1 unspecified atom stereocenters. The molecule has 1 aliphatic carbocycles. The molecular formula is C18H24O3. The Morgan fingerprint density at radius 1 is 1.24 bits per heavy atom. The van der Waals surface area contributed by atoms with Gasteiger partial charge in [-0.3, -0.25) is 4.79 Å². The molecule has 1 atom stereocenters. The van der Waals surface area contributed by atoms with Gasteiger partial charge in [-0.05, 0) is 17.9 Å². The molecule has 0 N–H and O–H groups in total. The first-order chi connectivity index (χ1) is 10.1. The summed E-state index contributed by atoms with van der Waals surface area (Å²) in [6.07, 6.45) is 3.30. The highest BCUT2D eigenvalue weighted by Gasteiger charge is 2.23. The number of carbonyl (C=O) groups is 1. The van der Waals surface area contributed by atoms with Crippen LogP contribution in [0.2, 0.25) is 0 Å². The van der Waals surface area contributed by atoms with Crippen LogP contribution in [0.25, 0.3) is 0 Å². The highest BCUT2D eigenvalue weighted by atomic mass is 16.5. The highest BCUT2D eigenvalue weighted by Crippen LogP contribution is 2.22. The molecule has 114 valence electrons. The Morgan fingerprint density at radius 2 is 2.00 bits per heavy atom. The van der Waals surface area contributed by atoms with E-state index in [2.05, 4.69) is 13.8 Å². The first kappa shape index (κ1) is 15.8. The Bertz CT molecular complexity index is 476. The van der Waals surface area contributed by atoms with Crippen molar-refractivity contribution in [1.82, 2.24) is 0 Å². The van der Waals surface area contributed by atoms with Crippen LogP contribution < -0.4 is 0 Å². The van der Waals surface area contributed by atoms with E-state index < -0.39 is 0 Å². The number of hydrogen-bond donors (Lipinski definition) is 0. The summed E-state index contributed by atoms with van der Waals surface area (Å²) in [4.78, 5) is 12.1. The van der Waals surface area contributed by atoms with Crippen LogP contribution in [-0.2, 0) is 20.9 Å². The number of hydrogen-bond acceptors (Lipinski definition) is 3. The quantitative estimate of drug-likeness (QED) is 0.766. The smallest absolute Gasteiger partial charge is 0.164 e. The molecule has 0 aromatic heterocycles. The topological polar surface area (TPSA) is 35.5 Å². The van der Waals surface area contributed by atoms with Crippen LogP contribution >= 0.6 is 0 Å². The van der Waals surface area contributed by atoms with E-state index in [1.54, 1.807) is 6.08 Å². The second-order valence-electron chi connectivity index (χ2n) is 5.95. The molecule has 0 bridgehead atoms. The summed E-state index contributed by atoms with van der Waals surface area (Å²) in [5, 5.41) is 0. The number of ketones is 1. The van der Waals surface area contributed by atoms with Gasteiger partial charge in [0.15, 0.2) is 5.78 Å². The van der Waals surface area contributed by atoms with Crippen LogP contribution in [0.15, 0.2) is 42.2 Å². The Balaban J connectivity index is 1.74. The van der Waals surface area contributed by atoms with Crippen LogP contribution in [0, 0.1) is 11.8 Å². The van der Waals surface area contributed by atoms with E-state index in [0.717, 1.165) is 24.2 Å². The molecule has 1 aromatic carbocycles. The molecule has 0 heterocycles. The second kappa shape index (κ2) is 7.99. The summed E-state index contributed by atoms with van der Waals surface area (Å²) in [7, 11) is 0. The van der Waals surface area contributed by atoms with Crippen LogP contribution in [0.1, 0.15) is 32.3 Å². The summed E-state index contributed by atoms with van der Waals surface area (Å²) in [5.74, 6) is 1.41. The van der Waals surface area contributed by atoms with Crippen molar-refractivity contribution in [1.29, 1.82) is 0 Å². The minimum absolute atomic E-state index is 0.0277. The lowest BCUT2D eigenvalue weighted by Gasteiger charge is -2.21. The maximum absolute atomic E-state index is 12.1. The molecular weight excluding hydrogens is 264 g/mol. The maximum Gasteiger partial charge on any atom is 0.164 e. The zero-order valence-electron chi connectivity index (χ0n) is 12.9. The van der Waals surface area contributed by atoms with Crippen molar-refractivity contribution in [3.63, 3.8) is 0 Å². The number of carbonyl (C=O) groups excluding carboxylic acids is 1. The van der Waals surface area contributed by atoms with Crippen molar-refractivity contribution in [2.24, 2.45) is 11.8 Å². The van der Waals surface area contributed by atoms with Crippen LogP contribution in [0.3, 0.4) is 0 Å². The van der Waals surface area contributed by atoms with E-state index in [9.17, 15) is 4.79 Å². The van der Waals surface area contributed by atoms with E-state index in [4.69, 9.17) is 9.47 Å². The van der Waals surface area contributed by atoms with Gasteiger partial charge >= 0.3 is 0 Å². The normalized spacial score (nSPS) is 18.7. The molecule has 0 fully saturated rings. The third kappa shape index (κ3) is 5.35. The highest BCUT2D eigenvalue weighted by molar-refractivity contribution is 5.93. The zero-order valence-corrected chi connectivity index (χ0v) is 12.9. The fourth-order valence-corrected chi connectivity index (χ4v) is 2.25. The van der Waals surface area contributed by atoms with E-state index in [0.29, 0.717) is 25.7 Å². The third-order valence-electron chi connectivity index (χ3n) is 3.48. The average Bonchev–Trinajstić information content (AvgIpc) is 2.48. The molecule has 3 nitrogen and oxygen atoms in total. The van der Waals surface area contributed by atoms with Gasteiger partial charge in [0.05, 0.1) is 25.6 Å². The summed E-state index contributed by atoms with van der Waals surface area (Å²) in [6, 6.07) is 10.0. The van der Waals surface area contributed by atoms with Crippen molar-refractivity contribution >= 4 is 5.78 Å². The van der Waals surface area contributed by atoms with Crippen LogP contribution in [-0.4, -0.2) is 19.0 Å². The number of allylic oxidation sites excluding steroid dienone is 2.